The van der Waals surface area contributed by atoms with Gasteiger partial charge in [-0.2, -0.15) is 0 Å². The predicted molar refractivity (Wildman–Crippen MR) is 51.9 cm³/mol. The Morgan fingerprint density at radius 2 is 1.93 bits per heavy atom. The summed E-state index contributed by atoms with van der Waals surface area (Å²) in [6.45, 7) is 5.16. The Balaban J connectivity index is 5.07. The molecule has 0 fully saturated rings. The molecule has 4 heteroatoms. The van der Waals surface area contributed by atoms with Crippen LogP contribution < -0.4 is 0 Å². The molecule has 0 rings (SSSR count). The summed E-state index contributed by atoms with van der Waals surface area (Å²) in [5.74, 6) is -3.11. The highest BCUT2D eigenvalue weighted by atomic mass is 16.4. The van der Waals surface area contributed by atoms with E-state index in [0.29, 0.717) is 6.08 Å². The molecule has 0 aromatic rings. The van der Waals surface area contributed by atoms with Crippen LogP contribution >= 0.6 is 0 Å². The van der Waals surface area contributed by atoms with Crippen molar-refractivity contribution in [1.82, 2.24) is 0 Å². The molecule has 0 aliphatic rings. The lowest BCUT2D eigenvalue weighted by Gasteiger charge is -2.06. The zero-order chi connectivity index (χ0) is 11.1. The van der Waals surface area contributed by atoms with Crippen LogP contribution in [0, 0.1) is 5.92 Å². The molecule has 0 aliphatic heterocycles. The van der Waals surface area contributed by atoms with Gasteiger partial charge in [-0.25, -0.2) is 9.59 Å². The zero-order valence-corrected chi connectivity index (χ0v) is 7.80. The first-order valence-electron chi connectivity index (χ1n) is 3.96. The second-order valence-electron chi connectivity index (χ2n) is 2.53. The normalized spacial score (nSPS) is 13.9. The molecule has 0 aromatic heterocycles. The average molecular weight is 196 g/mol. The molecule has 76 valence electrons. The Labute approximate surface area is 81.9 Å². The highest BCUT2D eigenvalue weighted by Gasteiger charge is 2.16. The van der Waals surface area contributed by atoms with E-state index >= 15 is 0 Å². The van der Waals surface area contributed by atoms with Crippen molar-refractivity contribution >= 4 is 11.9 Å². The van der Waals surface area contributed by atoms with E-state index in [4.69, 9.17) is 10.2 Å². The predicted octanol–water partition coefficient (Wildman–Crippen LogP) is 1.46. The molecule has 0 aliphatic carbocycles. The third kappa shape index (κ3) is 3.71. The first kappa shape index (κ1) is 12.2. The summed E-state index contributed by atoms with van der Waals surface area (Å²) >= 11 is 0. The summed E-state index contributed by atoms with van der Waals surface area (Å²) in [5, 5.41) is 17.2. The largest absolute Gasteiger partial charge is 0.478 e. The first-order chi connectivity index (χ1) is 6.52. The lowest BCUT2D eigenvalue weighted by atomic mass is 9.98. The molecule has 4 nitrogen and oxygen atoms in total. The molecule has 0 amide bonds. The smallest absolute Gasteiger partial charge is 0.332 e. The third-order valence-corrected chi connectivity index (χ3v) is 1.54. The fraction of sp³-hybridized carbons (Fsp3) is 0.200. The molecule has 0 saturated carbocycles. The summed E-state index contributed by atoms with van der Waals surface area (Å²) in [6.07, 6.45) is 5.26. The van der Waals surface area contributed by atoms with Gasteiger partial charge in [0, 0.05) is 12.0 Å². The van der Waals surface area contributed by atoms with Crippen LogP contribution in [0.15, 0.2) is 36.5 Å². The van der Waals surface area contributed by atoms with Gasteiger partial charge in [-0.15, -0.1) is 6.58 Å². The second kappa shape index (κ2) is 5.75. The highest BCUT2D eigenvalue weighted by molar-refractivity contribution is 5.95. The molecule has 1 unspecified atom stereocenters. The number of hydrogen-bond acceptors (Lipinski definition) is 2. The number of carboxylic acids is 2. The van der Waals surface area contributed by atoms with Crippen molar-refractivity contribution < 1.29 is 19.8 Å². The van der Waals surface area contributed by atoms with Crippen molar-refractivity contribution in [2.75, 3.05) is 0 Å². The second-order valence-corrected chi connectivity index (χ2v) is 2.53. The summed E-state index contributed by atoms with van der Waals surface area (Å²) in [7, 11) is 0. The molecular weight excluding hydrogens is 184 g/mol. The number of carboxylic acid groups (broad SMARTS) is 2. The minimum absolute atomic E-state index is 0.203. The van der Waals surface area contributed by atoms with Gasteiger partial charge in [0.1, 0.15) is 0 Å². The maximum atomic E-state index is 10.7. The van der Waals surface area contributed by atoms with Crippen LogP contribution in [0.2, 0.25) is 0 Å². The monoisotopic (exact) mass is 196 g/mol. The molecule has 0 spiro atoms. The van der Waals surface area contributed by atoms with Crippen LogP contribution in [-0.4, -0.2) is 22.2 Å². The van der Waals surface area contributed by atoms with Crippen molar-refractivity contribution in [3.05, 3.63) is 36.5 Å². The Hall–Kier alpha value is -1.84. The summed E-state index contributed by atoms with van der Waals surface area (Å²) < 4.78 is 0. The molecule has 0 saturated heterocycles. The van der Waals surface area contributed by atoms with E-state index in [0.717, 1.165) is 0 Å². The molecular formula is C10H12O4. The molecule has 2 N–H and O–H groups in total. The van der Waals surface area contributed by atoms with Gasteiger partial charge in [-0.1, -0.05) is 18.2 Å². The summed E-state index contributed by atoms with van der Waals surface area (Å²) in [5.41, 5.74) is -0.203. The number of rotatable bonds is 5. The van der Waals surface area contributed by atoms with Crippen molar-refractivity contribution in [1.29, 1.82) is 0 Å². The number of carbonyl (C=O) groups is 2. The highest BCUT2D eigenvalue weighted by Crippen LogP contribution is 2.14. The fourth-order valence-electron chi connectivity index (χ4n) is 0.950. The van der Waals surface area contributed by atoms with Crippen LogP contribution in [0.3, 0.4) is 0 Å². The Kier molecular flexibility index (Phi) is 4.99. The zero-order valence-electron chi connectivity index (χ0n) is 7.80. The molecule has 0 aromatic carbocycles. The minimum Gasteiger partial charge on any atom is -0.478 e. The topological polar surface area (TPSA) is 74.6 Å². The first-order valence-corrected chi connectivity index (χ1v) is 3.96. The molecule has 0 bridgehead atoms. The maximum absolute atomic E-state index is 10.7. The van der Waals surface area contributed by atoms with Crippen molar-refractivity contribution in [2.24, 2.45) is 5.92 Å². The van der Waals surface area contributed by atoms with Crippen molar-refractivity contribution in [3.63, 3.8) is 0 Å². The number of aliphatic carboxylic acids is 2. The van der Waals surface area contributed by atoms with Crippen LogP contribution in [-0.2, 0) is 9.59 Å². The van der Waals surface area contributed by atoms with Gasteiger partial charge < -0.3 is 10.2 Å². The number of hydrogen-bond donors (Lipinski definition) is 2. The lowest BCUT2D eigenvalue weighted by Crippen LogP contribution is -2.11. The number of allylic oxidation sites excluding steroid dienone is 3. The van der Waals surface area contributed by atoms with E-state index in [2.05, 4.69) is 6.58 Å². The van der Waals surface area contributed by atoms with Crippen LogP contribution in [0.25, 0.3) is 0 Å². The minimum atomic E-state index is -1.28. The Bertz CT molecular complexity index is 299. The summed E-state index contributed by atoms with van der Waals surface area (Å²) in [4.78, 5) is 21.0. The van der Waals surface area contributed by atoms with E-state index in [1.807, 2.05) is 0 Å². The van der Waals surface area contributed by atoms with Gasteiger partial charge in [-0.3, -0.25) is 0 Å². The Morgan fingerprint density at radius 1 is 1.36 bits per heavy atom. The van der Waals surface area contributed by atoms with Crippen LogP contribution in [0.1, 0.15) is 6.92 Å². The molecule has 1 atom stereocenters. The van der Waals surface area contributed by atoms with Gasteiger partial charge >= 0.3 is 11.9 Å². The van der Waals surface area contributed by atoms with Gasteiger partial charge in [0.05, 0.1) is 5.57 Å². The quantitative estimate of drug-likeness (QED) is 0.515. The fourth-order valence-corrected chi connectivity index (χ4v) is 0.950. The SMILES string of the molecule is C=CC(C=CC)C(=CC(=O)O)C(=O)O. The van der Waals surface area contributed by atoms with E-state index < -0.39 is 17.9 Å². The van der Waals surface area contributed by atoms with E-state index in [1.165, 1.54) is 6.08 Å². The Morgan fingerprint density at radius 3 is 2.21 bits per heavy atom. The van der Waals surface area contributed by atoms with Crippen LogP contribution in [0.4, 0.5) is 0 Å². The maximum Gasteiger partial charge on any atom is 0.332 e. The van der Waals surface area contributed by atoms with Crippen molar-refractivity contribution in [3.8, 4) is 0 Å². The van der Waals surface area contributed by atoms with Crippen molar-refractivity contribution in [2.45, 2.75) is 6.92 Å². The van der Waals surface area contributed by atoms with Gasteiger partial charge in [-0.05, 0) is 6.92 Å². The summed E-state index contributed by atoms with van der Waals surface area (Å²) in [6, 6.07) is 0. The van der Waals surface area contributed by atoms with Gasteiger partial charge in [0.15, 0.2) is 0 Å². The lowest BCUT2D eigenvalue weighted by molar-refractivity contribution is -0.135. The third-order valence-electron chi connectivity index (χ3n) is 1.54. The molecule has 14 heavy (non-hydrogen) atoms. The van der Waals surface area contributed by atoms with E-state index in [1.54, 1.807) is 19.1 Å². The van der Waals surface area contributed by atoms with E-state index in [-0.39, 0.29) is 5.57 Å². The molecule has 0 heterocycles. The van der Waals surface area contributed by atoms with Gasteiger partial charge in [0.25, 0.3) is 0 Å². The molecule has 0 radical (unpaired) electrons. The van der Waals surface area contributed by atoms with Crippen LogP contribution in [0.5, 0.6) is 0 Å². The average Bonchev–Trinajstić information content (AvgIpc) is 2.10. The van der Waals surface area contributed by atoms with Gasteiger partial charge in [0.2, 0.25) is 0 Å². The van der Waals surface area contributed by atoms with E-state index in [9.17, 15) is 9.59 Å². The standard InChI is InChI=1S/C10H12O4/c1-3-5-7(4-2)8(10(13)14)6-9(11)12/h3-7H,2H2,1H3,(H,11,12)(H,13,14).